The van der Waals surface area contributed by atoms with E-state index in [1.165, 1.54) is 31.4 Å². The van der Waals surface area contributed by atoms with Gasteiger partial charge in [-0.3, -0.25) is 15.1 Å². The quantitative estimate of drug-likeness (QED) is 0.0935. The predicted octanol–water partition coefficient (Wildman–Crippen LogP) is 7.25. The number of amides is 1. The lowest BCUT2D eigenvalue weighted by atomic mass is 10.0. The fraction of sp³-hybridized carbons (Fsp3) is 0.129. The molecule has 43 heavy (non-hydrogen) atoms. The molecule has 12 heteroatoms. The summed E-state index contributed by atoms with van der Waals surface area (Å²) in [5.74, 6) is -0.320. The molecule has 1 aliphatic heterocycles. The van der Waals surface area contributed by atoms with Crippen molar-refractivity contribution < 1.29 is 42.4 Å². The topological polar surface area (TPSA) is 121 Å². The zero-order valence-electron chi connectivity index (χ0n) is 23.0. The first-order chi connectivity index (χ1) is 20.4. The van der Waals surface area contributed by atoms with Gasteiger partial charge < -0.3 is 19.7 Å². The van der Waals surface area contributed by atoms with E-state index in [4.69, 9.17) is 9.84 Å². The van der Waals surface area contributed by atoms with Crippen LogP contribution >= 0.6 is 0 Å². The van der Waals surface area contributed by atoms with Crippen LogP contribution in [-0.4, -0.2) is 35.1 Å². The molecule has 9 nitrogen and oxygen atoms in total. The van der Waals surface area contributed by atoms with Gasteiger partial charge >= 0.3 is 12.3 Å². The first-order valence-electron chi connectivity index (χ1n) is 12.8. The summed E-state index contributed by atoms with van der Waals surface area (Å²) in [5, 5.41) is 24.1. The van der Waals surface area contributed by atoms with Crippen LogP contribution in [0.3, 0.4) is 0 Å². The van der Waals surface area contributed by atoms with Crippen molar-refractivity contribution in [1.29, 1.82) is 0 Å². The van der Waals surface area contributed by atoms with Gasteiger partial charge in [-0.05, 0) is 79.1 Å². The normalized spacial score (nSPS) is 13.7. The number of halogens is 3. The number of nitrogens with zero attached hydrogens (tertiary/aromatic N) is 2. The van der Waals surface area contributed by atoms with Gasteiger partial charge in [-0.15, -0.1) is 0 Å². The number of anilines is 3. The number of phenols is 1. The molecule has 0 radical (unpaired) electrons. The fourth-order valence-corrected chi connectivity index (χ4v) is 4.98. The van der Waals surface area contributed by atoms with Gasteiger partial charge in [0.2, 0.25) is 0 Å². The molecular formula is C31H24F3N3O6. The number of fused-ring (bicyclic) bond motifs is 1. The van der Waals surface area contributed by atoms with E-state index in [2.05, 4.69) is 15.3 Å². The fourth-order valence-electron chi connectivity index (χ4n) is 4.98. The number of ether oxygens (including phenoxy) is 2. The summed E-state index contributed by atoms with van der Waals surface area (Å²) >= 11 is 0. The van der Waals surface area contributed by atoms with E-state index in [0.29, 0.717) is 33.7 Å². The minimum atomic E-state index is -4.65. The van der Waals surface area contributed by atoms with Gasteiger partial charge in [0.1, 0.15) is 17.2 Å². The number of aryl methyl sites for hydroxylation is 2. The van der Waals surface area contributed by atoms with Crippen LogP contribution in [0.2, 0.25) is 0 Å². The average Bonchev–Trinajstić information content (AvgIpc) is 3.21. The maximum atomic E-state index is 13.7. The summed E-state index contributed by atoms with van der Waals surface area (Å²) in [6.45, 7) is 3.53. The van der Waals surface area contributed by atoms with Crippen LogP contribution in [0.25, 0.3) is 11.1 Å². The van der Waals surface area contributed by atoms with Crippen LogP contribution in [-0.2, 0) is 11.0 Å². The predicted molar refractivity (Wildman–Crippen MR) is 153 cm³/mol. The maximum Gasteiger partial charge on any atom is 0.511 e. The van der Waals surface area contributed by atoms with Gasteiger partial charge in [-0.2, -0.15) is 18.3 Å². The summed E-state index contributed by atoms with van der Waals surface area (Å²) in [6.07, 6.45) is -6.14. The number of nitrogens with one attached hydrogen (secondary N) is 1. The minimum absolute atomic E-state index is 0.00226. The number of hydrogen-bond donors (Lipinski definition) is 3. The van der Waals surface area contributed by atoms with E-state index in [0.717, 1.165) is 17.0 Å². The lowest BCUT2D eigenvalue weighted by molar-refractivity contribution is -0.137. The number of hydrogen-bond acceptors (Lipinski definition) is 7. The number of rotatable bonds is 6. The van der Waals surface area contributed by atoms with Crippen molar-refractivity contribution in [3.63, 3.8) is 0 Å². The number of methoxy groups -OCH3 is 1. The van der Waals surface area contributed by atoms with Crippen molar-refractivity contribution in [3.05, 3.63) is 95.1 Å². The Morgan fingerprint density at radius 2 is 1.65 bits per heavy atom. The number of para-hydroxylation sites is 1. The Morgan fingerprint density at radius 3 is 2.30 bits per heavy atom. The highest BCUT2D eigenvalue weighted by Gasteiger charge is 2.39. The minimum Gasteiger partial charge on any atom is -0.505 e. The third-order valence-corrected chi connectivity index (χ3v) is 6.81. The number of benzene rings is 4. The standard InChI is InChI=1S/C31H24F3N3O6/c1-16-12-20(13-17(2)28(16)42-3)37-25-15-19(31(32,33)34)10-11-23(25)26(29(37)39)36-35-24-9-5-8-22(27(24)38)18-6-4-7-21(14-18)43-30(40)41/h4-15,35,38H,1-3H3,(H,40,41). The molecule has 0 saturated heterocycles. The summed E-state index contributed by atoms with van der Waals surface area (Å²) in [6, 6.07) is 16.9. The van der Waals surface area contributed by atoms with E-state index in [9.17, 15) is 27.9 Å². The molecule has 3 N–H and O–H groups in total. The summed E-state index contributed by atoms with van der Waals surface area (Å²) in [7, 11) is 1.50. The highest BCUT2D eigenvalue weighted by molar-refractivity contribution is 6.55. The van der Waals surface area contributed by atoms with Crippen LogP contribution in [0.15, 0.2) is 77.9 Å². The smallest absolute Gasteiger partial charge is 0.505 e. The van der Waals surface area contributed by atoms with Gasteiger partial charge in [0.25, 0.3) is 5.91 Å². The lowest BCUT2D eigenvalue weighted by Crippen LogP contribution is -2.26. The van der Waals surface area contributed by atoms with Crippen LogP contribution < -0.4 is 19.8 Å². The number of aromatic hydroxyl groups is 1. The Hall–Kier alpha value is -5.52. The molecule has 0 atom stereocenters. The van der Waals surface area contributed by atoms with Crippen LogP contribution in [0.4, 0.5) is 35.0 Å². The molecule has 1 heterocycles. The molecule has 4 aromatic carbocycles. The van der Waals surface area contributed by atoms with Crippen molar-refractivity contribution >= 4 is 34.8 Å². The molecule has 1 amide bonds. The van der Waals surface area contributed by atoms with E-state index in [1.807, 2.05) is 0 Å². The maximum absolute atomic E-state index is 13.7. The van der Waals surface area contributed by atoms with Crippen molar-refractivity contribution in [3.8, 4) is 28.4 Å². The zero-order chi connectivity index (χ0) is 31.1. The van der Waals surface area contributed by atoms with E-state index < -0.39 is 23.8 Å². The molecule has 0 bridgehead atoms. The number of hydrazone groups is 1. The second kappa shape index (κ2) is 11.0. The first-order valence-corrected chi connectivity index (χ1v) is 12.8. The highest BCUT2D eigenvalue weighted by Crippen LogP contribution is 2.42. The van der Waals surface area contributed by atoms with E-state index in [-0.39, 0.29) is 34.1 Å². The first kappa shape index (κ1) is 29.0. The molecular weight excluding hydrogens is 567 g/mol. The zero-order valence-corrected chi connectivity index (χ0v) is 23.0. The second-order valence-corrected chi connectivity index (χ2v) is 9.65. The molecule has 0 saturated carbocycles. The molecule has 0 spiro atoms. The third kappa shape index (κ3) is 5.54. The SMILES string of the molecule is COc1c(C)cc(N2C(=O)C(=NNc3cccc(-c4cccc(OC(=O)O)c4)c3O)c3ccc(C(F)(F)F)cc32)cc1C. The number of phenolic OH excluding ortho intramolecular Hbond substituents is 1. The molecule has 0 fully saturated rings. The van der Waals surface area contributed by atoms with Crippen molar-refractivity contribution in [2.45, 2.75) is 20.0 Å². The van der Waals surface area contributed by atoms with Gasteiger partial charge in [-0.25, -0.2) is 4.79 Å². The van der Waals surface area contributed by atoms with Crippen LogP contribution in [0.1, 0.15) is 22.3 Å². The van der Waals surface area contributed by atoms with Crippen LogP contribution in [0.5, 0.6) is 17.2 Å². The molecule has 0 unspecified atom stereocenters. The van der Waals surface area contributed by atoms with E-state index in [1.54, 1.807) is 50.2 Å². The summed E-state index contributed by atoms with van der Waals surface area (Å²) < 4.78 is 51.1. The number of alkyl halides is 3. The monoisotopic (exact) mass is 591 g/mol. The Morgan fingerprint density at radius 1 is 0.953 bits per heavy atom. The number of carbonyl (C=O) groups excluding carboxylic acids is 1. The molecule has 0 aromatic heterocycles. The van der Waals surface area contributed by atoms with Crippen molar-refractivity contribution in [2.24, 2.45) is 5.10 Å². The van der Waals surface area contributed by atoms with Gasteiger partial charge in [-0.1, -0.05) is 24.3 Å². The summed E-state index contributed by atoms with van der Waals surface area (Å²) in [4.78, 5) is 25.8. The van der Waals surface area contributed by atoms with Gasteiger partial charge in [0.05, 0.1) is 29.7 Å². The Bertz CT molecular complexity index is 1780. The number of carbonyl (C=O) groups is 2. The van der Waals surface area contributed by atoms with Crippen molar-refractivity contribution in [2.75, 3.05) is 17.4 Å². The van der Waals surface area contributed by atoms with E-state index >= 15 is 0 Å². The second-order valence-electron chi connectivity index (χ2n) is 9.65. The van der Waals surface area contributed by atoms with Gasteiger partial charge in [0.15, 0.2) is 5.71 Å². The Labute approximate surface area is 243 Å². The highest BCUT2D eigenvalue weighted by atomic mass is 19.4. The molecule has 220 valence electrons. The van der Waals surface area contributed by atoms with Crippen molar-refractivity contribution in [1.82, 2.24) is 0 Å². The van der Waals surface area contributed by atoms with Crippen LogP contribution in [0, 0.1) is 13.8 Å². The largest absolute Gasteiger partial charge is 0.511 e. The Balaban J connectivity index is 1.56. The molecule has 0 aliphatic carbocycles. The average molecular weight is 592 g/mol. The third-order valence-electron chi connectivity index (χ3n) is 6.81. The Kier molecular flexibility index (Phi) is 7.45. The molecule has 1 aliphatic rings. The number of carboxylic acid groups (broad SMARTS) is 1. The van der Waals surface area contributed by atoms with Gasteiger partial charge in [0, 0.05) is 11.1 Å². The lowest BCUT2D eigenvalue weighted by Gasteiger charge is -2.20. The molecule has 5 rings (SSSR count). The summed E-state index contributed by atoms with van der Waals surface area (Å²) in [5.41, 5.74) is 4.25. The molecule has 4 aromatic rings.